The van der Waals surface area contributed by atoms with Crippen molar-refractivity contribution >= 4 is 39.3 Å². The first kappa shape index (κ1) is 19.8. The number of nitrogens with zero attached hydrogens (tertiary/aromatic N) is 3. The number of anilines is 1. The molecule has 2 amide bonds. The van der Waals surface area contributed by atoms with Crippen LogP contribution in [0.5, 0.6) is 0 Å². The van der Waals surface area contributed by atoms with Crippen molar-refractivity contribution in [2.75, 3.05) is 18.4 Å². The minimum atomic E-state index is -3.77. The van der Waals surface area contributed by atoms with Crippen molar-refractivity contribution in [3.63, 3.8) is 0 Å². The number of carbonyl (C=O) groups is 2. The van der Waals surface area contributed by atoms with Gasteiger partial charge in [-0.2, -0.15) is 9.52 Å². The van der Waals surface area contributed by atoms with Crippen LogP contribution in [-0.2, 0) is 10.0 Å². The van der Waals surface area contributed by atoms with Gasteiger partial charge in [-0.05, 0) is 18.2 Å². The van der Waals surface area contributed by atoms with Gasteiger partial charge in [-0.1, -0.05) is 25.4 Å². The van der Waals surface area contributed by atoms with E-state index < -0.39 is 21.8 Å². The number of halogens is 1. The van der Waals surface area contributed by atoms with Crippen LogP contribution in [0, 0.1) is 0 Å². The van der Waals surface area contributed by atoms with Crippen LogP contribution in [-0.4, -0.2) is 53.0 Å². The normalized spacial score (nSPS) is 11.5. The second kappa shape index (κ2) is 7.81. The quantitative estimate of drug-likeness (QED) is 0.626. The lowest BCUT2D eigenvalue weighted by Crippen LogP contribution is -2.30. The van der Waals surface area contributed by atoms with Crippen LogP contribution in [0.15, 0.2) is 23.1 Å². The summed E-state index contributed by atoms with van der Waals surface area (Å²) >= 11 is 6.03. The fourth-order valence-electron chi connectivity index (χ4n) is 2.22. The zero-order valence-corrected chi connectivity index (χ0v) is 15.6. The second-order valence-electron chi connectivity index (χ2n) is 5.07. The van der Waals surface area contributed by atoms with Crippen molar-refractivity contribution in [3.8, 4) is 0 Å². The third-order valence-electron chi connectivity index (χ3n) is 3.54. The Bertz CT molecular complexity index is 939. The van der Waals surface area contributed by atoms with Crippen LogP contribution in [0.25, 0.3) is 0 Å². The van der Waals surface area contributed by atoms with Gasteiger partial charge in [0.15, 0.2) is 11.5 Å². The average molecular weight is 401 g/mol. The Morgan fingerprint density at radius 3 is 2.50 bits per heavy atom. The summed E-state index contributed by atoms with van der Waals surface area (Å²) in [5.74, 6) is -1.84. The topological polar surface area (TPSA) is 151 Å². The standard InChI is InChI=1S/C14H17ClN6O4S/c1-3-21(4-2)26(24,25)8-5-6-10(15)9(7-8)14(23)17-13-11(12(16)22)18-20-19-13/h5-7H,3-4H2,1-2H3,(H2,16,22)(H2,17,18,19,20,23). The molecule has 0 spiro atoms. The van der Waals surface area contributed by atoms with Crippen molar-refractivity contribution in [2.45, 2.75) is 18.7 Å². The number of sulfonamides is 1. The number of rotatable bonds is 7. The Balaban J connectivity index is 2.39. The summed E-state index contributed by atoms with van der Waals surface area (Å²) in [6.45, 7) is 3.98. The van der Waals surface area contributed by atoms with E-state index in [1.165, 1.54) is 16.4 Å². The summed E-state index contributed by atoms with van der Waals surface area (Å²) < 4.78 is 26.5. The molecular formula is C14H17ClN6O4S. The Hall–Kier alpha value is -2.50. The molecule has 0 atom stereocenters. The maximum Gasteiger partial charge on any atom is 0.273 e. The molecule has 0 saturated heterocycles. The summed E-state index contributed by atoms with van der Waals surface area (Å²) in [5.41, 5.74) is 4.76. The maximum absolute atomic E-state index is 12.6. The van der Waals surface area contributed by atoms with E-state index in [1.807, 2.05) is 0 Å². The number of hydrogen-bond acceptors (Lipinski definition) is 6. The predicted molar refractivity (Wildman–Crippen MR) is 94.4 cm³/mol. The lowest BCUT2D eigenvalue weighted by molar-refractivity contribution is 0.0996. The molecule has 1 aromatic carbocycles. The summed E-state index contributed by atoms with van der Waals surface area (Å²) in [6.07, 6.45) is 0. The molecule has 0 aliphatic heterocycles. The van der Waals surface area contributed by atoms with Gasteiger partial charge >= 0.3 is 0 Å². The molecule has 140 valence electrons. The van der Waals surface area contributed by atoms with Crippen LogP contribution in [0.3, 0.4) is 0 Å². The molecule has 0 unspecified atom stereocenters. The van der Waals surface area contributed by atoms with Crippen LogP contribution in [0.1, 0.15) is 34.7 Å². The minimum Gasteiger partial charge on any atom is -0.364 e. The third-order valence-corrected chi connectivity index (χ3v) is 5.91. The van der Waals surface area contributed by atoms with E-state index in [1.54, 1.807) is 13.8 Å². The van der Waals surface area contributed by atoms with Gasteiger partial charge in [0, 0.05) is 13.1 Å². The first-order valence-electron chi connectivity index (χ1n) is 7.54. The van der Waals surface area contributed by atoms with Crippen LogP contribution < -0.4 is 11.1 Å². The van der Waals surface area contributed by atoms with E-state index in [0.29, 0.717) is 0 Å². The van der Waals surface area contributed by atoms with Gasteiger partial charge in [-0.25, -0.2) is 8.42 Å². The highest BCUT2D eigenvalue weighted by Crippen LogP contribution is 2.24. The number of H-pyrrole nitrogens is 1. The molecule has 0 saturated carbocycles. The highest BCUT2D eigenvalue weighted by molar-refractivity contribution is 7.89. The van der Waals surface area contributed by atoms with Crippen molar-refractivity contribution < 1.29 is 18.0 Å². The zero-order chi connectivity index (χ0) is 19.5. The van der Waals surface area contributed by atoms with E-state index in [2.05, 4.69) is 20.7 Å². The van der Waals surface area contributed by atoms with Gasteiger partial charge in [0.2, 0.25) is 10.0 Å². The number of aromatic nitrogens is 3. The fourth-order valence-corrected chi connectivity index (χ4v) is 3.90. The Kier molecular flexibility index (Phi) is 5.95. The first-order chi connectivity index (χ1) is 12.2. The lowest BCUT2D eigenvalue weighted by atomic mass is 10.2. The smallest absolute Gasteiger partial charge is 0.273 e. The SMILES string of the molecule is CCN(CC)S(=O)(=O)c1ccc(Cl)c(C(=O)Nc2n[nH]nc2C(N)=O)c1. The molecule has 0 aliphatic carbocycles. The molecule has 1 heterocycles. The van der Waals surface area contributed by atoms with Crippen molar-refractivity contribution in [3.05, 3.63) is 34.5 Å². The van der Waals surface area contributed by atoms with Gasteiger partial charge in [0.05, 0.1) is 15.5 Å². The highest BCUT2D eigenvalue weighted by Gasteiger charge is 2.25. The fraction of sp³-hybridized carbons (Fsp3) is 0.286. The summed E-state index contributed by atoms with van der Waals surface area (Å²) in [6, 6.07) is 3.79. The number of amides is 2. The molecule has 1 aromatic heterocycles. The van der Waals surface area contributed by atoms with Crippen LogP contribution in [0.4, 0.5) is 5.82 Å². The van der Waals surface area contributed by atoms with E-state index in [0.717, 1.165) is 6.07 Å². The highest BCUT2D eigenvalue weighted by atomic mass is 35.5. The van der Waals surface area contributed by atoms with E-state index in [9.17, 15) is 18.0 Å². The second-order valence-corrected chi connectivity index (χ2v) is 7.42. The van der Waals surface area contributed by atoms with Gasteiger partial charge in [0.25, 0.3) is 11.8 Å². The van der Waals surface area contributed by atoms with Gasteiger partial charge in [0.1, 0.15) is 0 Å². The maximum atomic E-state index is 12.6. The average Bonchev–Trinajstić information content (AvgIpc) is 3.04. The van der Waals surface area contributed by atoms with Crippen LogP contribution >= 0.6 is 11.6 Å². The molecule has 2 rings (SSSR count). The summed E-state index contributed by atoms with van der Waals surface area (Å²) in [4.78, 5) is 23.6. The van der Waals surface area contributed by atoms with E-state index in [-0.39, 0.29) is 40.1 Å². The van der Waals surface area contributed by atoms with Gasteiger partial charge < -0.3 is 11.1 Å². The number of aromatic amines is 1. The van der Waals surface area contributed by atoms with Crippen molar-refractivity contribution in [2.24, 2.45) is 5.73 Å². The first-order valence-corrected chi connectivity index (χ1v) is 9.35. The number of benzene rings is 1. The molecule has 0 radical (unpaired) electrons. The molecular weight excluding hydrogens is 384 g/mol. The van der Waals surface area contributed by atoms with Crippen LogP contribution in [0.2, 0.25) is 5.02 Å². The zero-order valence-electron chi connectivity index (χ0n) is 14.0. The Labute approximate surface area is 154 Å². The molecule has 4 N–H and O–H groups in total. The molecule has 0 fully saturated rings. The Morgan fingerprint density at radius 2 is 1.92 bits per heavy atom. The number of carbonyl (C=O) groups excluding carboxylic acids is 2. The largest absolute Gasteiger partial charge is 0.364 e. The van der Waals surface area contributed by atoms with E-state index in [4.69, 9.17) is 17.3 Å². The number of hydrogen-bond donors (Lipinski definition) is 3. The number of nitrogens with two attached hydrogens (primary N) is 1. The van der Waals surface area contributed by atoms with Crippen molar-refractivity contribution in [1.29, 1.82) is 0 Å². The van der Waals surface area contributed by atoms with Gasteiger partial charge in [-0.3, -0.25) is 9.59 Å². The number of primary amides is 1. The molecule has 0 aliphatic rings. The minimum absolute atomic E-state index is 0.0325. The summed E-state index contributed by atoms with van der Waals surface area (Å²) in [7, 11) is -3.77. The number of nitrogens with one attached hydrogen (secondary N) is 2. The molecule has 2 aromatic rings. The van der Waals surface area contributed by atoms with Gasteiger partial charge in [-0.15, -0.1) is 10.2 Å². The lowest BCUT2D eigenvalue weighted by Gasteiger charge is -2.19. The van der Waals surface area contributed by atoms with E-state index >= 15 is 0 Å². The third kappa shape index (κ3) is 3.84. The molecule has 26 heavy (non-hydrogen) atoms. The Morgan fingerprint density at radius 1 is 1.27 bits per heavy atom. The van der Waals surface area contributed by atoms with Crippen molar-refractivity contribution in [1.82, 2.24) is 19.7 Å². The molecule has 0 bridgehead atoms. The summed E-state index contributed by atoms with van der Waals surface area (Å²) in [5, 5.41) is 11.7. The monoisotopic (exact) mass is 400 g/mol. The molecule has 10 nitrogen and oxygen atoms in total. The predicted octanol–water partition coefficient (Wildman–Crippen LogP) is 0.840. The molecule has 12 heteroatoms.